The number of aliphatic hydroxyl groups excluding tert-OH is 1. The summed E-state index contributed by atoms with van der Waals surface area (Å²) in [7, 11) is 4.67. The Hall–Kier alpha value is -3.83. The van der Waals surface area contributed by atoms with Gasteiger partial charge in [0.2, 0.25) is 11.7 Å². The molecular weight excluding hydrogens is 861 g/mol. The van der Waals surface area contributed by atoms with Crippen LogP contribution in [0.2, 0.25) is 0 Å². The van der Waals surface area contributed by atoms with Crippen LogP contribution in [0.3, 0.4) is 0 Å². The largest absolute Gasteiger partial charge is 0.456 e. The highest BCUT2D eigenvalue weighted by Gasteiger charge is 2.56. The lowest BCUT2D eigenvalue weighted by atomic mass is 9.81. The molecule has 2 amide bonds. The van der Waals surface area contributed by atoms with Crippen LogP contribution in [-0.4, -0.2) is 134 Å². The molecule has 0 spiro atoms. The highest BCUT2D eigenvalue weighted by Crippen LogP contribution is 2.39. The van der Waals surface area contributed by atoms with E-state index in [9.17, 15) is 34.2 Å². The van der Waals surface area contributed by atoms with Crippen LogP contribution < -0.4 is 5.32 Å². The summed E-state index contributed by atoms with van der Waals surface area (Å²) in [6.45, 7) is 11.5. The number of ketones is 2. The van der Waals surface area contributed by atoms with Gasteiger partial charge in [-0.25, -0.2) is 4.79 Å². The second kappa shape index (κ2) is 25.2. The number of piperidine rings is 1. The van der Waals surface area contributed by atoms with Gasteiger partial charge in [0.05, 0.1) is 30.5 Å². The van der Waals surface area contributed by atoms with Crippen molar-refractivity contribution in [1.29, 1.82) is 0 Å². The van der Waals surface area contributed by atoms with Crippen LogP contribution in [0.1, 0.15) is 118 Å². The Kier molecular flexibility index (Phi) is 20.3. The number of cyclic esters (lactones) is 1. The fourth-order valence-electron chi connectivity index (χ4n) is 10.6. The van der Waals surface area contributed by atoms with E-state index in [0.717, 1.165) is 11.1 Å². The summed E-state index contributed by atoms with van der Waals surface area (Å²) in [6.07, 6.45) is 3.82. The van der Waals surface area contributed by atoms with Crippen molar-refractivity contribution in [3.63, 3.8) is 0 Å². The van der Waals surface area contributed by atoms with E-state index in [-0.39, 0.29) is 68.1 Å². The molecule has 15 nitrogen and oxygen atoms in total. The third kappa shape index (κ3) is 13.9. The lowest BCUT2D eigenvalue weighted by Crippen LogP contribution is -2.64. The smallest absolute Gasteiger partial charge is 0.329 e. The first-order chi connectivity index (χ1) is 31.9. The number of esters is 1. The van der Waals surface area contributed by atoms with Crippen molar-refractivity contribution in [2.75, 3.05) is 34.5 Å². The number of hydrogen-bond acceptors (Lipinski definition) is 13. The molecule has 67 heavy (non-hydrogen) atoms. The fraction of sp³-hybridized carbons (Fsp3) is 0.712. The second-order valence-corrected chi connectivity index (χ2v) is 19.7. The molecule has 1 aliphatic carbocycles. The van der Waals surface area contributed by atoms with Crippen LogP contribution in [0.5, 0.6) is 0 Å². The van der Waals surface area contributed by atoms with Crippen molar-refractivity contribution in [1.82, 2.24) is 10.2 Å². The maximum atomic E-state index is 14.5. The highest BCUT2D eigenvalue weighted by atomic mass is 16.7. The molecule has 3 heterocycles. The number of carbonyl (C=O) groups is 5. The molecule has 3 aliphatic heterocycles. The maximum Gasteiger partial charge on any atom is 0.329 e. The van der Waals surface area contributed by atoms with Gasteiger partial charge < -0.3 is 48.9 Å². The lowest BCUT2D eigenvalue weighted by Gasteiger charge is -2.47. The van der Waals surface area contributed by atoms with Crippen molar-refractivity contribution < 1.29 is 62.6 Å². The van der Waals surface area contributed by atoms with Gasteiger partial charge in [0.25, 0.3) is 11.7 Å². The molecule has 4 aliphatic rings. The number of Topliss-reactive ketones (excluding diaryl/α,β-unsaturated/α-hetero) is 2. The van der Waals surface area contributed by atoms with E-state index in [2.05, 4.69) is 12.2 Å². The molecule has 0 aromatic heterocycles. The molecule has 2 saturated heterocycles. The van der Waals surface area contributed by atoms with Gasteiger partial charge in [-0.2, -0.15) is 0 Å². The van der Waals surface area contributed by atoms with Gasteiger partial charge in [0, 0.05) is 58.6 Å². The molecule has 1 aromatic carbocycles. The highest BCUT2D eigenvalue weighted by molar-refractivity contribution is 6.39. The summed E-state index contributed by atoms with van der Waals surface area (Å²) in [5.41, 5.74) is 2.62. The number of benzene rings is 1. The first kappa shape index (κ1) is 54.1. The number of allylic oxidation sites excluding steroid dienone is 3. The van der Waals surface area contributed by atoms with Crippen molar-refractivity contribution >= 4 is 29.4 Å². The van der Waals surface area contributed by atoms with Gasteiger partial charge in [-0.1, -0.05) is 75.8 Å². The van der Waals surface area contributed by atoms with E-state index in [1.165, 1.54) is 19.1 Å². The fourth-order valence-corrected chi connectivity index (χ4v) is 10.6. The average Bonchev–Trinajstić information content (AvgIpc) is 3.32. The van der Waals surface area contributed by atoms with Crippen molar-refractivity contribution in [2.45, 2.75) is 173 Å². The Labute approximate surface area is 397 Å². The number of rotatable bonds is 11. The molecule has 5 rings (SSSR count). The molecule has 0 radical (unpaired) electrons. The summed E-state index contributed by atoms with van der Waals surface area (Å²) in [5.74, 6) is -7.94. The van der Waals surface area contributed by atoms with Crippen molar-refractivity contribution in [3.8, 4) is 0 Å². The van der Waals surface area contributed by atoms with Gasteiger partial charge in [-0.05, 0) is 101 Å². The van der Waals surface area contributed by atoms with Gasteiger partial charge in [0.1, 0.15) is 30.6 Å². The number of nitrogens with one attached hydrogen (secondary N) is 1. The van der Waals surface area contributed by atoms with Gasteiger partial charge in [-0.3, -0.25) is 19.2 Å². The number of methoxy groups -OCH3 is 3. The monoisotopic (exact) mass is 939 g/mol. The van der Waals surface area contributed by atoms with Crippen molar-refractivity contribution in [3.05, 3.63) is 59.2 Å². The zero-order valence-electron chi connectivity index (χ0n) is 41.3. The standard InChI is InChI=1S/C52H78N2O13/c1-10-38-23-31(2)22-32(3)24-44(63-8)48-45(64-9)26-34(5)52(61,67-48)49(58)50(59)54-21-15-14-18-39(54)51(60)66-47(35(6)40(55)28-41(38)56)33(4)25-37-19-20-42(43(27-37)62-7)65-30-46(57)53-29-36-16-12-11-13-17-36/h11-13,16-17,23,25,32,34-35,37-40,42-45,47-48,55,61H,10,14-15,18-22,24,26-30H2,1-9H3,(H,53,57)/b31-23+,33-25+/t32-,34+,35+,37?,38+,39-,40-,42+,43+,44-,45-,47+,48+,52+/m0/s1. The Morgan fingerprint density at radius 3 is 2.27 bits per heavy atom. The van der Waals surface area contributed by atoms with Crippen molar-refractivity contribution in [2.24, 2.45) is 29.6 Å². The summed E-state index contributed by atoms with van der Waals surface area (Å²) >= 11 is 0. The number of aliphatic hydroxyl groups is 2. The van der Waals surface area contributed by atoms with Gasteiger partial charge >= 0.3 is 5.97 Å². The quantitative estimate of drug-likeness (QED) is 0.137. The maximum absolute atomic E-state index is 14.5. The van der Waals surface area contributed by atoms with Crippen LogP contribution in [0.25, 0.3) is 0 Å². The molecule has 1 saturated carbocycles. The Morgan fingerprint density at radius 2 is 1.60 bits per heavy atom. The lowest BCUT2D eigenvalue weighted by molar-refractivity contribution is -0.302. The van der Waals surface area contributed by atoms with Crippen LogP contribution in [0.15, 0.2) is 53.6 Å². The van der Waals surface area contributed by atoms with E-state index in [4.69, 9.17) is 28.4 Å². The Balaban J connectivity index is 1.42. The third-order valence-corrected chi connectivity index (χ3v) is 14.6. The predicted molar refractivity (Wildman–Crippen MR) is 250 cm³/mol. The van der Waals surface area contributed by atoms with Crippen LogP contribution in [0.4, 0.5) is 0 Å². The minimum Gasteiger partial charge on any atom is -0.456 e. The van der Waals surface area contributed by atoms with E-state index in [1.54, 1.807) is 21.0 Å². The summed E-state index contributed by atoms with van der Waals surface area (Å²) in [5, 5.41) is 26.8. The zero-order chi connectivity index (χ0) is 49.0. The molecule has 374 valence electrons. The Morgan fingerprint density at radius 1 is 0.910 bits per heavy atom. The minimum absolute atomic E-state index is 0.0191. The summed E-state index contributed by atoms with van der Waals surface area (Å²) in [4.78, 5) is 71.1. The van der Waals surface area contributed by atoms with Gasteiger partial charge in [0.15, 0.2) is 0 Å². The molecular formula is C52H78N2O13. The second-order valence-electron chi connectivity index (χ2n) is 19.7. The Bertz CT molecular complexity index is 1890. The topological polar surface area (TPSA) is 196 Å². The number of amides is 2. The molecule has 1 aromatic rings. The van der Waals surface area contributed by atoms with E-state index < -0.39 is 77.8 Å². The number of carbonyl (C=O) groups excluding carboxylic acids is 5. The van der Waals surface area contributed by atoms with E-state index in [1.807, 2.05) is 63.3 Å². The molecule has 1 unspecified atom stereocenters. The third-order valence-electron chi connectivity index (χ3n) is 14.6. The van der Waals surface area contributed by atoms with Crippen LogP contribution >= 0.6 is 0 Å². The molecule has 3 N–H and O–H groups in total. The van der Waals surface area contributed by atoms with E-state index in [0.29, 0.717) is 63.5 Å². The number of hydrogen-bond donors (Lipinski definition) is 3. The molecule has 15 heteroatoms. The number of ether oxygens (including phenoxy) is 6. The predicted octanol–water partition coefficient (Wildman–Crippen LogP) is 5.81. The normalized spacial score (nSPS) is 36.5. The number of nitrogens with zero attached hydrogens (tertiary/aromatic N) is 1. The summed E-state index contributed by atoms with van der Waals surface area (Å²) < 4.78 is 36.4. The first-order valence-corrected chi connectivity index (χ1v) is 24.5. The first-order valence-electron chi connectivity index (χ1n) is 24.5. The SMILES string of the molecule is CC[C@@H]1/C=C(\C)C[C@H](C)C[C@H](OC)[C@H]2O[C@@](O)(C(=O)C(=O)N3CCCC[C@H]3C(=O)O[C@H](/C(C)=C/C3CC[C@@H](OCC(=O)NCc4ccccc4)[C@H](OC)C3)[C@H](C)[C@@H](O)CC1=O)[C@H](C)C[C@@H]2OC. The van der Waals surface area contributed by atoms with Gasteiger partial charge in [-0.15, -0.1) is 0 Å². The zero-order valence-corrected chi connectivity index (χ0v) is 41.3. The molecule has 14 atom stereocenters. The average molecular weight is 939 g/mol. The van der Waals surface area contributed by atoms with E-state index >= 15 is 0 Å². The van der Waals surface area contributed by atoms with Crippen LogP contribution in [-0.2, 0) is 58.9 Å². The minimum atomic E-state index is -2.52. The molecule has 2 bridgehead atoms. The number of fused-ring (bicyclic) bond motifs is 3. The van der Waals surface area contributed by atoms with Crippen LogP contribution in [0, 0.1) is 29.6 Å². The summed E-state index contributed by atoms with van der Waals surface area (Å²) in [6, 6.07) is 8.46. The molecule has 3 fully saturated rings.